The van der Waals surface area contributed by atoms with Crippen LogP contribution in [0.15, 0.2) is 29.8 Å². The highest BCUT2D eigenvalue weighted by molar-refractivity contribution is 7.12. The van der Waals surface area contributed by atoms with E-state index in [1.807, 2.05) is 0 Å². The Kier molecular flexibility index (Phi) is 3.61. The summed E-state index contributed by atoms with van der Waals surface area (Å²) in [6, 6.07) is 5.13. The van der Waals surface area contributed by atoms with Crippen LogP contribution in [-0.4, -0.2) is 18.0 Å². The smallest absolute Gasteiger partial charge is 0.268 e. The van der Waals surface area contributed by atoms with Crippen LogP contribution in [0.25, 0.3) is 0 Å². The monoisotopic (exact) mass is 268 g/mol. The molecule has 1 amide bonds. The number of methoxy groups -OCH3 is 1. The van der Waals surface area contributed by atoms with Crippen LogP contribution in [-0.2, 0) is 0 Å². The molecule has 2 aromatic rings. The second-order valence-electron chi connectivity index (χ2n) is 3.11. The van der Waals surface area contributed by atoms with Crippen LogP contribution in [0.4, 0.5) is 5.82 Å². The molecule has 2 rings (SSSR count). The summed E-state index contributed by atoms with van der Waals surface area (Å²) in [7, 11) is 1.52. The van der Waals surface area contributed by atoms with Crippen molar-refractivity contribution in [1.29, 1.82) is 0 Å². The third-order valence-corrected chi connectivity index (χ3v) is 3.39. The van der Waals surface area contributed by atoms with Crippen LogP contribution in [0.3, 0.4) is 0 Å². The fourth-order valence-corrected chi connectivity index (χ4v) is 2.31. The van der Waals surface area contributed by atoms with Crippen molar-refractivity contribution in [1.82, 2.24) is 4.98 Å². The average molecular weight is 269 g/mol. The molecule has 0 saturated carbocycles. The molecule has 0 bridgehead atoms. The minimum Gasteiger partial charge on any atom is -0.493 e. The Morgan fingerprint density at radius 3 is 3.00 bits per heavy atom. The van der Waals surface area contributed by atoms with Crippen LogP contribution in [0.5, 0.6) is 5.75 Å². The Morgan fingerprint density at radius 1 is 1.53 bits per heavy atom. The second kappa shape index (κ2) is 5.16. The highest BCUT2D eigenvalue weighted by Gasteiger charge is 2.14. The topological polar surface area (TPSA) is 51.2 Å². The SMILES string of the molecule is COc1cccnc1NC(=O)c1sccc1Cl. The maximum Gasteiger partial charge on any atom is 0.268 e. The molecule has 2 aromatic heterocycles. The molecule has 17 heavy (non-hydrogen) atoms. The number of rotatable bonds is 3. The molecule has 0 atom stereocenters. The Bertz CT molecular complexity index is 542. The average Bonchev–Trinajstić information content (AvgIpc) is 2.76. The lowest BCUT2D eigenvalue weighted by Crippen LogP contribution is -2.12. The Hall–Kier alpha value is -1.59. The first-order valence-corrected chi connectivity index (χ1v) is 6.01. The van der Waals surface area contributed by atoms with Crippen LogP contribution in [0, 0.1) is 0 Å². The lowest BCUT2D eigenvalue weighted by molar-refractivity contribution is 0.103. The Balaban J connectivity index is 2.22. The number of nitrogens with zero attached hydrogens (tertiary/aromatic N) is 1. The number of ether oxygens (including phenoxy) is 1. The molecule has 0 aliphatic carbocycles. The maximum atomic E-state index is 11.9. The first-order chi connectivity index (χ1) is 8.22. The van der Waals surface area contributed by atoms with Crippen molar-refractivity contribution in [3.63, 3.8) is 0 Å². The molecule has 4 nitrogen and oxygen atoms in total. The van der Waals surface area contributed by atoms with E-state index in [9.17, 15) is 4.79 Å². The van der Waals surface area contributed by atoms with Crippen molar-refractivity contribution in [2.24, 2.45) is 0 Å². The largest absolute Gasteiger partial charge is 0.493 e. The number of hydrogen-bond donors (Lipinski definition) is 1. The molecule has 0 fully saturated rings. The number of hydrogen-bond acceptors (Lipinski definition) is 4. The molecular formula is C11H9ClN2O2S. The summed E-state index contributed by atoms with van der Waals surface area (Å²) in [6.45, 7) is 0. The third kappa shape index (κ3) is 2.57. The van der Waals surface area contributed by atoms with Crippen LogP contribution in [0.1, 0.15) is 9.67 Å². The van der Waals surface area contributed by atoms with Gasteiger partial charge in [-0.15, -0.1) is 11.3 Å². The number of carbonyl (C=O) groups is 1. The van der Waals surface area contributed by atoms with E-state index in [4.69, 9.17) is 16.3 Å². The maximum absolute atomic E-state index is 11.9. The fourth-order valence-electron chi connectivity index (χ4n) is 1.27. The van der Waals surface area contributed by atoms with Gasteiger partial charge in [-0.3, -0.25) is 4.79 Å². The zero-order valence-corrected chi connectivity index (χ0v) is 10.5. The molecule has 0 saturated heterocycles. The standard InChI is InChI=1S/C11H9ClN2O2S/c1-16-8-3-2-5-13-10(8)14-11(15)9-7(12)4-6-17-9/h2-6H,1H3,(H,13,14,15). The van der Waals surface area contributed by atoms with Gasteiger partial charge in [0.2, 0.25) is 0 Å². The number of pyridine rings is 1. The van der Waals surface area contributed by atoms with Crippen LogP contribution >= 0.6 is 22.9 Å². The van der Waals surface area contributed by atoms with E-state index in [2.05, 4.69) is 10.3 Å². The minimum atomic E-state index is -0.290. The predicted octanol–water partition coefficient (Wildman–Crippen LogP) is 3.06. The molecule has 1 N–H and O–H groups in total. The Labute approximate surface area is 107 Å². The van der Waals surface area contributed by atoms with Crippen molar-refractivity contribution < 1.29 is 9.53 Å². The van der Waals surface area contributed by atoms with E-state index >= 15 is 0 Å². The van der Waals surface area contributed by atoms with Gasteiger partial charge in [-0.25, -0.2) is 4.98 Å². The molecule has 88 valence electrons. The number of halogens is 1. The quantitative estimate of drug-likeness (QED) is 0.931. The van der Waals surface area contributed by atoms with Crippen LogP contribution < -0.4 is 10.1 Å². The zero-order chi connectivity index (χ0) is 12.3. The number of thiophene rings is 1. The zero-order valence-electron chi connectivity index (χ0n) is 8.94. The first kappa shape index (κ1) is 11.9. The molecular weight excluding hydrogens is 260 g/mol. The first-order valence-electron chi connectivity index (χ1n) is 4.75. The lowest BCUT2D eigenvalue weighted by atomic mass is 10.4. The summed E-state index contributed by atoms with van der Waals surface area (Å²) in [6.07, 6.45) is 1.58. The van der Waals surface area contributed by atoms with E-state index < -0.39 is 0 Å². The number of nitrogens with one attached hydrogen (secondary N) is 1. The summed E-state index contributed by atoms with van der Waals surface area (Å²) in [5.74, 6) is 0.597. The van der Waals surface area contributed by atoms with Gasteiger partial charge in [0.05, 0.1) is 12.1 Å². The van der Waals surface area contributed by atoms with Gasteiger partial charge in [-0.2, -0.15) is 0 Å². The van der Waals surface area contributed by atoms with Crippen molar-refractivity contribution in [3.8, 4) is 5.75 Å². The van der Waals surface area contributed by atoms with Crippen molar-refractivity contribution >= 4 is 34.7 Å². The Morgan fingerprint density at radius 2 is 2.35 bits per heavy atom. The lowest BCUT2D eigenvalue weighted by Gasteiger charge is -2.07. The minimum absolute atomic E-state index is 0.290. The highest BCUT2D eigenvalue weighted by Crippen LogP contribution is 2.25. The molecule has 6 heteroatoms. The highest BCUT2D eigenvalue weighted by atomic mass is 35.5. The van der Waals surface area contributed by atoms with Gasteiger partial charge < -0.3 is 10.1 Å². The number of aromatic nitrogens is 1. The van der Waals surface area contributed by atoms with Gasteiger partial charge in [0.1, 0.15) is 4.88 Å². The van der Waals surface area contributed by atoms with Gasteiger partial charge in [0.15, 0.2) is 11.6 Å². The van der Waals surface area contributed by atoms with Crippen molar-refractivity contribution in [2.75, 3.05) is 12.4 Å². The molecule has 0 unspecified atom stereocenters. The molecule has 0 aliphatic rings. The summed E-state index contributed by atoms with van der Waals surface area (Å²) >= 11 is 7.15. The van der Waals surface area contributed by atoms with Crippen molar-refractivity contribution in [3.05, 3.63) is 39.7 Å². The van der Waals surface area contributed by atoms with Crippen LogP contribution in [0.2, 0.25) is 5.02 Å². The van der Waals surface area contributed by atoms with Gasteiger partial charge >= 0.3 is 0 Å². The molecule has 0 aromatic carbocycles. The van der Waals surface area contributed by atoms with E-state index in [1.165, 1.54) is 18.4 Å². The molecule has 0 spiro atoms. The number of amides is 1. The number of carbonyl (C=O) groups excluding carboxylic acids is 1. The third-order valence-electron chi connectivity index (χ3n) is 2.05. The normalized spacial score (nSPS) is 10.0. The van der Waals surface area contributed by atoms with Gasteiger partial charge in [0.25, 0.3) is 5.91 Å². The summed E-state index contributed by atoms with van der Waals surface area (Å²) in [4.78, 5) is 16.4. The fraction of sp³-hybridized carbons (Fsp3) is 0.0909. The van der Waals surface area contributed by atoms with Gasteiger partial charge in [-0.1, -0.05) is 11.6 Å². The molecule has 0 radical (unpaired) electrons. The van der Waals surface area contributed by atoms with Gasteiger partial charge in [0, 0.05) is 6.20 Å². The second-order valence-corrected chi connectivity index (χ2v) is 4.43. The summed E-state index contributed by atoms with van der Waals surface area (Å²) in [5, 5.41) is 4.85. The van der Waals surface area contributed by atoms with Gasteiger partial charge in [-0.05, 0) is 23.6 Å². The van der Waals surface area contributed by atoms with Crippen molar-refractivity contribution in [2.45, 2.75) is 0 Å². The van der Waals surface area contributed by atoms with E-state index in [0.29, 0.717) is 21.5 Å². The summed E-state index contributed by atoms with van der Waals surface area (Å²) < 4.78 is 5.09. The van der Waals surface area contributed by atoms with E-state index in [1.54, 1.807) is 29.8 Å². The summed E-state index contributed by atoms with van der Waals surface area (Å²) in [5.41, 5.74) is 0. The van der Waals surface area contributed by atoms with E-state index in [0.717, 1.165) is 0 Å². The van der Waals surface area contributed by atoms with E-state index in [-0.39, 0.29) is 5.91 Å². The number of anilines is 1. The predicted molar refractivity (Wildman–Crippen MR) is 68.1 cm³/mol. The molecule has 0 aliphatic heterocycles. The molecule has 2 heterocycles.